The highest BCUT2D eigenvalue weighted by Crippen LogP contribution is 1.93. The van der Waals surface area contributed by atoms with Crippen molar-refractivity contribution in [3.8, 4) is 0 Å². The zero-order valence-corrected chi connectivity index (χ0v) is 11.3. The molecule has 0 rings (SSSR count). The summed E-state index contributed by atoms with van der Waals surface area (Å²) in [6.07, 6.45) is 8.12. The lowest BCUT2D eigenvalue weighted by Gasteiger charge is -1.91. The molecule has 17 heavy (non-hydrogen) atoms. The zero-order chi connectivity index (χ0) is 13.5. The molecule has 0 aliphatic heterocycles. The topological polar surface area (TPSA) is 48.8 Å². The fourth-order valence-corrected chi connectivity index (χ4v) is 0.595. The van der Waals surface area contributed by atoms with Crippen LogP contribution in [0.15, 0.2) is 46.7 Å². The highest BCUT2D eigenvalue weighted by Gasteiger charge is 1.83. The van der Waals surface area contributed by atoms with E-state index in [0.717, 1.165) is 11.1 Å². The van der Waals surface area contributed by atoms with Gasteiger partial charge in [-0.25, -0.2) is 0 Å². The molecule has 0 spiro atoms. The lowest BCUT2D eigenvalue weighted by Crippen LogP contribution is -1.95. The van der Waals surface area contributed by atoms with Crippen molar-refractivity contribution in [3.63, 3.8) is 0 Å². The maximum absolute atomic E-state index is 3.81. The Bertz CT molecular complexity index is 260. The average molecular weight is 236 g/mol. The molecule has 0 atom stereocenters. The van der Waals surface area contributed by atoms with Crippen LogP contribution in [0, 0.1) is 0 Å². The van der Waals surface area contributed by atoms with E-state index in [9.17, 15) is 0 Å². The summed E-state index contributed by atoms with van der Waals surface area (Å²) in [5, 5.41) is 7.62. The second-order valence-corrected chi connectivity index (χ2v) is 3.15. The third-order valence-electron chi connectivity index (χ3n) is 1.23. The molecule has 96 valence electrons. The van der Waals surface area contributed by atoms with E-state index in [0.29, 0.717) is 0 Å². The number of hydrogen-bond acceptors (Lipinski definition) is 4. The molecule has 0 aliphatic carbocycles. The fraction of sp³-hybridized carbons (Fsp3) is 0.385. The van der Waals surface area contributed by atoms with Gasteiger partial charge in [0.2, 0.25) is 0 Å². The van der Waals surface area contributed by atoms with Crippen LogP contribution < -0.4 is 10.9 Å². The molecule has 0 radical (unpaired) electrons. The van der Waals surface area contributed by atoms with Gasteiger partial charge in [-0.15, -0.1) is 0 Å². The van der Waals surface area contributed by atoms with Crippen molar-refractivity contribution in [3.05, 3.63) is 36.5 Å². The van der Waals surface area contributed by atoms with E-state index in [1.54, 1.807) is 26.5 Å². The molecular formula is C13H24N4. The fourth-order valence-electron chi connectivity index (χ4n) is 0.595. The zero-order valence-electron chi connectivity index (χ0n) is 11.3. The quantitative estimate of drug-likeness (QED) is 0.423. The van der Waals surface area contributed by atoms with E-state index < -0.39 is 0 Å². The summed E-state index contributed by atoms with van der Waals surface area (Å²) in [6.45, 7) is 11.8. The van der Waals surface area contributed by atoms with E-state index in [1.165, 1.54) is 6.42 Å². The van der Waals surface area contributed by atoms with Gasteiger partial charge in [-0.1, -0.05) is 45.6 Å². The summed E-state index contributed by atoms with van der Waals surface area (Å²) in [5.74, 6) is 0. The van der Waals surface area contributed by atoms with Gasteiger partial charge in [0, 0.05) is 14.1 Å². The van der Waals surface area contributed by atoms with Crippen LogP contribution in [0.1, 0.15) is 20.3 Å². The van der Waals surface area contributed by atoms with Crippen LogP contribution in [0.3, 0.4) is 0 Å². The molecule has 0 unspecified atom stereocenters. The monoisotopic (exact) mass is 236 g/mol. The van der Waals surface area contributed by atoms with Crippen molar-refractivity contribution < 1.29 is 0 Å². The van der Waals surface area contributed by atoms with Gasteiger partial charge in [0.25, 0.3) is 0 Å². The van der Waals surface area contributed by atoms with Crippen LogP contribution in [0.2, 0.25) is 0 Å². The van der Waals surface area contributed by atoms with Crippen LogP contribution in [-0.2, 0) is 0 Å². The summed E-state index contributed by atoms with van der Waals surface area (Å²) in [5.41, 5.74) is 6.85. The summed E-state index contributed by atoms with van der Waals surface area (Å²) in [4.78, 5) is 0. The smallest absolute Gasteiger partial charge is 0.0534 e. The number of allylic oxidation sites excluding steroid dienone is 4. The molecule has 0 amide bonds. The van der Waals surface area contributed by atoms with Crippen LogP contribution in [0.25, 0.3) is 0 Å². The Morgan fingerprint density at radius 3 is 1.47 bits per heavy atom. The largest absolute Gasteiger partial charge is 0.313 e. The standard InChI is InChI=1S/C10H16N4.C3H8/c1-9(7-13-11-3)5-6-10(2)8-14-12-4;1-3-2/h5-8,11-12H,1-2H2,3-4H3;3H2,1-2H3/b6-5-,13-7+,14-8+;. The molecule has 0 aromatic heterocycles. The van der Waals surface area contributed by atoms with E-state index in [2.05, 4.69) is 48.1 Å². The first-order valence-corrected chi connectivity index (χ1v) is 5.57. The Morgan fingerprint density at radius 1 is 0.941 bits per heavy atom. The Labute approximate surface area is 105 Å². The number of rotatable bonds is 6. The van der Waals surface area contributed by atoms with E-state index in [4.69, 9.17) is 0 Å². The van der Waals surface area contributed by atoms with Gasteiger partial charge in [0.15, 0.2) is 0 Å². The van der Waals surface area contributed by atoms with Crippen molar-refractivity contribution in [2.75, 3.05) is 14.1 Å². The van der Waals surface area contributed by atoms with Crippen molar-refractivity contribution in [1.82, 2.24) is 10.9 Å². The minimum Gasteiger partial charge on any atom is -0.313 e. The van der Waals surface area contributed by atoms with Crippen molar-refractivity contribution in [2.45, 2.75) is 20.3 Å². The highest BCUT2D eigenvalue weighted by atomic mass is 15.3. The van der Waals surface area contributed by atoms with Crippen molar-refractivity contribution in [1.29, 1.82) is 0 Å². The second-order valence-electron chi connectivity index (χ2n) is 3.15. The van der Waals surface area contributed by atoms with Crippen LogP contribution in [0.5, 0.6) is 0 Å². The third-order valence-corrected chi connectivity index (χ3v) is 1.23. The van der Waals surface area contributed by atoms with Gasteiger partial charge in [0.1, 0.15) is 0 Å². The first kappa shape index (κ1) is 17.6. The second kappa shape index (κ2) is 14.2. The van der Waals surface area contributed by atoms with Crippen LogP contribution in [0.4, 0.5) is 0 Å². The molecule has 0 aliphatic rings. The maximum atomic E-state index is 3.81. The molecule has 0 bridgehead atoms. The molecule has 0 heterocycles. The Balaban J connectivity index is 0. The minimum atomic E-state index is 0.790. The molecular weight excluding hydrogens is 212 g/mol. The van der Waals surface area contributed by atoms with E-state index in [1.807, 2.05) is 12.2 Å². The van der Waals surface area contributed by atoms with Crippen LogP contribution >= 0.6 is 0 Å². The third kappa shape index (κ3) is 16.8. The lowest BCUT2D eigenvalue weighted by atomic mass is 10.2. The van der Waals surface area contributed by atoms with Gasteiger partial charge in [-0.3, -0.25) is 0 Å². The molecule has 2 N–H and O–H groups in total. The molecule has 0 saturated carbocycles. The summed E-state index contributed by atoms with van der Waals surface area (Å²) >= 11 is 0. The maximum Gasteiger partial charge on any atom is 0.0534 e. The highest BCUT2D eigenvalue weighted by molar-refractivity contribution is 5.84. The molecule has 4 nitrogen and oxygen atoms in total. The van der Waals surface area contributed by atoms with Crippen molar-refractivity contribution in [2.24, 2.45) is 10.2 Å². The van der Waals surface area contributed by atoms with Crippen molar-refractivity contribution >= 4 is 12.4 Å². The number of nitrogens with zero attached hydrogens (tertiary/aromatic N) is 2. The molecule has 0 saturated heterocycles. The Hall–Kier alpha value is -1.84. The van der Waals surface area contributed by atoms with Gasteiger partial charge in [0.05, 0.1) is 12.4 Å². The van der Waals surface area contributed by atoms with Crippen LogP contribution in [-0.4, -0.2) is 26.5 Å². The van der Waals surface area contributed by atoms with Gasteiger partial charge < -0.3 is 10.9 Å². The van der Waals surface area contributed by atoms with E-state index >= 15 is 0 Å². The Morgan fingerprint density at radius 2 is 1.24 bits per heavy atom. The lowest BCUT2D eigenvalue weighted by molar-refractivity contribution is 0.908. The summed E-state index contributed by atoms with van der Waals surface area (Å²) < 4.78 is 0. The van der Waals surface area contributed by atoms with Gasteiger partial charge >= 0.3 is 0 Å². The number of hydrogen-bond donors (Lipinski definition) is 2. The Kier molecular flexibility index (Phi) is 14.6. The molecule has 0 fully saturated rings. The average Bonchev–Trinajstić information content (AvgIpc) is 2.32. The SMILES string of the molecule is C=C(/C=C\C(=C)/C=N/NC)/C=N/NC.CCC. The summed E-state index contributed by atoms with van der Waals surface area (Å²) in [7, 11) is 3.46. The first-order valence-electron chi connectivity index (χ1n) is 5.57. The number of nitrogens with one attached hydrogen (secondary N) is 2. The van der Waals surface area contributed by atoms with E-state index in [-0.39, 0.29) is 0 Å². The van der Waals surface area contributed by atoms with Gasteiger partial charge in [-0.05, 0) is 11.1 Å². The predicted molar refractivity (Wildman–Crippen MR) is 78.5 cm³/mol. The molecule has 4 heteroatoms. The summed E-state index contributed by atoms with van der Waals surface area (Å²) in [6, 6.07) is 0. The number of hydrazone groups is 2. The molecule has 0 aromatic carbocycles. The predicted octanol–water partition coefficient (Wildman–Crippen LogP) is 2.48. The normalized spacial score (nSPS) is 10.4. The molecule has 0 aromatic rings. The van der Waals surface area contributed by atoms with Gasteiger partial charge in [-0.2, -0.15) is 10.2 Å². The minimum absolute atomic E-state index is 0.790. The first-order chi connectivity index (χ1) is 8.12.